The van der Waals surface area contributed by atoms with Gasteiger partial charge < -0.3 is 0 Å². The van der Waals surface area contributed by atoms with Crippen molar-refractivity contribution in [1.82, 2.24) is 0 Å². The molecule has 0 amide bonds. The Morgan fingerprint density at radius 2 is 0.750 bits per heavy atom. The molecule has 0 spiro atoms. The zero-order valence-electron chi connectivity index (χ0n) is 19.0. The van der Waals surface area contributed by atoms with Crippen molar-refractivity contribution >= 4 is 0 Å². The zero-order chi connectivity index (χ0) is 31.0. The van der Waals surface area contributed by atoms with E-state index in [2.05, 4.69) is 0 Å². The number of hydrogen-bond donors (Lipinski definition) is 0. The molecule has 2 aromatic rings. The standard InChI is InChI=1S/C23H13F17/c24-16(25,10-9-15-13-7-3-1-5-11(13)12-6-2-4-8-14(12)15)17(26,27)18(28,29)19(30,31)20(32,33)21(34,35)22(36,37)23(38,39)40/h1-8,15H,9-10H2. The van der Waals surface area contributed by atoms with E-state index in [9.17, 15) is 74.6 Å². The molecule has 0 saturated carbocycles. The SMILES string of the molecule is FC(F)(F)C(F)(F)C(F)(F)C(F)(F)C(F)(F)C(F)(F)C(F)(F)C(F)(F)CCC1c2ccccc2-c2ccccc21. The third kappa shape index (κ3) is 4.11. The average molecular weight is 612 g/mol. The highest BCUT2D eigenvalue weighted by atomic mass is 19.4. The maximum absolute atomic E-state index is 14.4. The number of rotatable bonds is 9. The van der Waals surface area contributed by atoms with Crippen molar-refractivity contribution in [3.63, 3.8) is 0 Å². The van der Waals surface area contributed by atoms with E-state index < -0.39 is 66.4 Å². The summed E-state index contributed by atoms with van der Waals surface area (Å²) in [7, 11) is 0. The summed E-state index contributed by atoms with van der Waals surface area (Å²) >= 11 is 0. The molecule has 0 atom stereocenters. The lowest BCUT2D eigenvalue weighted by Crippen LogP contribution is -2.74. The summed E-state index contributed by atoms with van der Waals surface area (Å²) in [5.41, 5.74) is 1.17. The highest BCUT2D eigenvalue weighted by molar-refractivity contribution is 5.78. The molecule has 224 valence electrons. The predicted octanol–water partition coefficient (Wildman–Crippen LogP) is 9.59. The van der Waals surface area contributed by atoms with Crippen LogP contribution >= 0.6 is 0 Å². The van der Waals surface area contributed by atoms with Crippen LogP contribution < -0.4 is 0 Å². The minimum absolute atomic E-state index is 0.195. The van der Waals surface area contributed by atoms with Gasteiger partial charge in [-0.1, -0.05) is 48.5 Å². The number of halogens is 17. The number of hydrogen-bond acceptors (Lipinski definition) is 0. The van der Waals surface area contributed by atoms with Gasteiger partial charge in [-0.2, -0.15) is 74.6 Å². The van der Waals surface area contributed by atoms with E-state index in [4.69, 9.17) is 0 Å². The lowest BCUT2D eigenvalue weighted by Gasteiger charge is -2.43. The van der Waals surface area contributed by atoms with Crippen LogP contribution in [0.3, 0.4) is 0 Å². The largest absolute Gasteiger partial charge is 0.460 e. The molecule has 0 heterocycles. The van der Waals surface area contributed by atoms with Gasteiger partial charge in [-0.3, -0.25) is 0 Å². The highest BCUT2D eigenvalue weighted by Gasteiger charge is 2.95. The molecule has 0 bridgehead atoms. The van der Waals surface area contributed by atoms with E-state index >= 15 is 0 Å². The van der Waals surface area contributed by atoms with E-state index in [-0.39, 0.29) is 11.1 Å². The van der Waals surface area contributed by atoms with Gasteiger partial charge in [0.15, 0.2) is 0 Å². The maximum atomic E-state index is 14.4. The first kappa shape index (κ1) is 31.8. The molecular weight excluding hydrogens is 599 g/mol. The van der Waals surface area contributed by atoms with E-state index in [1.807, 2.05) is 0 Å². The van der Waals surface area contributed by atoms with Crippen LogP contribution in [0.25, 0.3) is 11.1 Å². The van der Waals surface area contributed by atoms with Gasteiger partial charge in [-0.05, 0) is 28.7 Å². The summed E-state index contributed by atoms with van der Waals surface area (Å²) in [4.78, 5) is 0. The molecule has 0 fully saturated rings. The molecule has 0 saturated heterocycles. The Labute approximate surface area is 212 Å². The summed E-state index contributed by atoms with van der Waals surface area (Å²) < 4.78 is 229. The molecule has 0 nitrogen and oxygen atoms in total. The summed E-state index contributed by atoms with van der Waals surface area (Å²) in [6.45, 7) is 0. The van der Waals surface area contributed by atoms with Crippen LogP contribution in [0.15, 0.2) is 48.5 Å². The van der Waals surface area contributed by atoms with Crippen LogP contribution in [-0.2, 0) is 0 Å². The van der Waals surface area contributed by atoms with Gasteiger partial charge in [0.05, 0.1) is 0 Å². The van der Waals surface area contributed by atoms with E-state index in [0.29, 0.717) is 11.1 Å². The Balaban J connectivity index is 1.97. The molecule has 3 rings (SSSR count). The Hall–Kier alpha value is -2.75. The fraction of sp³-hybridized carbons (Fsp3) is 0.478. The minimum Gasteiger partial charge on any atom is -0.200 e. The smallest absolute Gasteiger partial charge is 0.200 e. The molecule has 2 aromatic carbocycles. The van der Waals surface area contributed by atoms with E-state index in [1.165, 1.54) is 48.5 Å². The van der Waals surface area contributed by atoms with Gasteiger partial charge in [0, 0.05) is 12.3 Å². The minimum atomic E-state index is -8.62. The van der Waals surface area contributed by atoms with Crippen molar-refractivity contribution in [3.8, 4) is 11.1 Å². The van der Waals surface area contributed by atoms with Crippen molar-refractivity contribution in [1.29, 1.82) is 0 Å². The lowest BCUT2D eigenvalue weighted by atomic mass is 9.85. The lowest BCUT2D eigenvalue weighted by molar-refractivity contribution is -0.461. The van der Waals surface area contributed by atoms with Crippen molar-refractivity contribution in [2.45, 2.75) is 66.4 Å². The van der Waals surface area contributed by atoms with Crippen molar-refractivity contribution in [2.24, 2.45) is 0 Å². The number of alkyl halides is 17. The van der Waals surface area contributed by atoms with E-state index in [0.717, 1.165) is 0 Å². The molecule has 1 aliphatic rings. The second kappa shape index (κ2) is 9.13. The maximum Gasteiger partial charge on any atom is 0.460 e. The molecule has 40 heavy (non-hydrogen) atoms. The Bertz CT molecular complexity index is 1200. The van der Waals surface area contributed by atoms with Crippen LogP contribution in [-0.4, -0.2) is 47.6 Å². The van der Waals surface area contributed by atoms with Crippen LogP contribution in [0.4, 0.5) is 74.6 Å². The van der Waals surface area contributed by atoms with Crippen LogP contribution in [0, 0.1) is 0 Å². The third-order valence-corrected chi connectivity index (χ3v) is 6.50. The van der Waals surface area contributed by atoms with Gasteiger partial charge >= 0.3 is 47.6 Å². The van der Waals surface area contributed by atoms with Crippen molar-refractivity contribution in [3.05, 3.63) is 59.7 Å². The first-order valence-electron chi connectivity index (χ1n) is 10.7. The second-order valence-electron chi connectivity index (χ2n) is 8.91. The topological polar surface area (TPSA) is 0 Å². The summed E-state index contributed by atoms with van der Waals surface area (Å²) in [6.07, 6.45) is -11.5. The Kier molecular flexibility index (Phi) is 7.25. The van der Waals surface area contributed by atoms with Crippen LogP contribution in [0.5, 0.6) is 0 Å². The average Bonchev–Trinajstić information content (AvgIpc) is 3.15. The van der Waals surface area contributed by atoms with Crippen molar-refractivity contribution in [2.75, 3.05) is 0 Å². The highest BCUT2D eigenvalue weighted by Crippen LogP contribution is 2.64. The van der Waals surface area contributed by atoms with Gasteiger partial charge in [-0.15, -0.1) is 0 Å². The van der Waals surface area contributed by atoms with E-state index in [1.54, 1.807) is 0 Å². The predicted molar refractivity (Wildman–Crippen MR) is 104 cm³/mol. The molecule has 0 aliphatic heterocycles. The Morgan fingerprint density at radius 3 is 1.12 bits per heavy atom. The van der Waals surface area contributed by atoms with Gasteiger partial charge in [0.2, 0.25) is 0 Å². The van der Waals surface area contributed by atoms with Crippen LogP contribution in [0.2, 0.25) is 0 Å². The fourth-order valence-corrected chi connectivity index (χ4v) is 4.25. The monoisotopic (exact) mass is 612 g/mol. The number of fused-ring (bicyclic) bond motifs is 3. The van der Waals surface area contributed by atoms with Crippen molar-refractivity contribution < 1.29 is 74.6 Å². The summed E-state index contributed by atoms with van der Waals surface area (Å²) in [6, 6.07) is 11.3. The van der Waals surface area contributed by atoms with Gasteiger partial charge in [-0.25, -0.2) is 0 Å². The van der Waals surface area contributed by atoms with Gasteiger partial charge in [0.1, 0.15) is 0 Å². The molecular formula is C23H13F17. The fourth-order valence-electron chi connectivity index (χ4n) is 4.25. The number of benzene rings is 2. The molecule has 0 unspecified atom stereocenters. The first-order valence-corrected chi connectivity index (χ1v) is 10.7. The molecule has 0 radical (unpaired) electrons. The molecule has 17 heteroatoms. The molecule has 0 aromatic heterocycles. The summed E-state index contributed by atoms with van der Waals surface area (Å²) in [5, 5.41) is 0. The summed E-state index contributed by atoms with van der Waals surface area (Å²) in [5.74, 6) is -57.4. The normalized spacial score (nSPS) is 16.2. The molecule has 1 aliphatic carbocycles. The Morgan fingerprint density at radius 1 is 0.425 bits per heavy atom. The third-order valence-electron chi connectivity index (χ3n) is 6.50. The first-order chi connectivity index (χ1) is 17.8. The second-order valence-corrected chi connectivity index (χ2v) is 8.91. The van der Waals surface area contributed by atoms with Gasteiger partial charge in [0.25, 0.3) is 0 Å². The zero-order valence-corrected chi connectivity index (χ0v) is 19.0. The van der Waals surface area contributed by atoms with Crippen LogP contribution in [0.1, 0.15) is 29.9 Å². The quantitative estimate of drug-likeness (QED) is 0.248. The molecule has 0 N–H and O–H groups in total.